The van der Waals surface area contributed by atoms with Gasteiger partial charge in [0.25, 0.3) is 0 Å². The first-order valence-electron chi connectivity index (χ1n) is 7.10. The lowest BCUT2D eigenvalue weighted by atomic mass is 10.1. The summed E-state index contributed by atoms with van der Waals surface area (Å²) in [5.41, 5.74) is 3.25. The number of aliphatic imine (C=N–C) groups is 1. The second-order valence-electron chi connectivity index (χ2n) is 4.99. The molecule has 110 valence electrons. The van der Waals surface area contributed by atoms with Crippen LogP contribution in [0.1, 0.15) is 11.1 Å². The van der Waals surface area contributed by atoms with Gasteiger partial charge in [-0.15, -0.1) is 0 Å². The van der Waals surface area contributed by atoms with E-state index in [0.717, 1.165) is 21.9 Å². The fraction of sp³-hybridized carbons (Fsp3) is 0.111. The highest BCUT2D eigenvalue weighted by Gasteiger charge is 2.04. The molecular weight excluding hydrogens is 294 g/mol. The van der Waals surface area contributed by atoms with Gasteiger partial charge in [-0.1, -0.05) is 54.1 Å². The van der Waals surface area contributed by atoms with Gasteiger partial charge < -0.3 is 4.57 Å². The third-order valence-electron chi connectivity index (χ3n) is 3.34. The minimum Gasteiger partial charge on any atom is -0.331 e. The number of rotatable bonds is 5. The Morgan fingerprint density at radius 1 is 1.09 bits per heavy atom. The highest BCUT2D eigenvalue weighted by molar-refractivity contribution is 6.30. The predicted octanol–water partition coefficient (Wildman–Crippen LogP) is 4.23. The third-order valence-corrected chi connectivity index (χ3v) is 3.58. The Labute approximate surface area is 134 Å². The van der Waals surface area contributed by atoms with Crippen LogP contribution in [0.5, 0.6) is 0 Å². The SMILES string of the molecule is Clc1cccc(CN=C(Cn2ccnc2)c2ccccc2)c1. The number of imidazole rings is 1. The van der Waals surface area contributed by atoms with Crippen molar-refractivity contribution in [3.05, 3.63) is 89.5 Å². The molecule has 0 spiro atoms. The van der Waals surface area contributed by atoms with Crippen LogP contribution in [-0.2, 0) is 13.1 Å². The molecule has 0 unspecified atom stereocenters. The Bertz CT molecular complexity index is 749. The van der Waals surface area contributed by atoms with Crippen LogP contribution < -0.4 is 0 Å². The Hall–Kier alpha value is -2.39. The summed E-state index contributed by atoms with van der Waals surface area (Å²) in [6, 6.07) is 18.0. The molecule has 3 rings (SSSR count). The molecule has 0 saturated heterocycles. The maximum absolute atomic E-state index is 6.03. The number of hydrogen-bond donors (Lipinski definition) is 0. The smallest absolute Gasteiger partial charge is 0.0949 e. The molecule has 0 radical (unpaired) electrons. The molecule has 3 aromatic rings. The molecule has 0 bridgehead atoms. The molecule has 0 aliphatic carbocycles. The Balaban J connectivity index is 1.86. The van der Waals surface area contributed by atoms with Crippen molar-refractivity contribution in [2.75, 3.05) is 0 Å². The maximum atomic E-state index is 6.03. The van der Waals surface area contributed by atoms with E-state index in [4.69, 9.17) is 16.6 Å². The number of nitrogens with zero attached hydrogens (tertiary/aromatic N) is 3. The first-order chi connectivity index (χ1) is 10.8. The molecule has 0 N–H and O–H groups in total. The van der Waals surface area contributed by atoms with Crippen molar-refractivity contribution in [1.29, 1.82) is 0 Å². The number of aromatic nitrogens is 2. The zero-order chi connectivity index (χ0) is 15.2. The van der Waals surface area contributed by atoms with Crippen LogP contribution in [0.4, 0.5) is 0 Å². The van der Waals surface area contributed by atoms with E-state index < -0.39 is 0 Å². The Kier molecular flexibility index (Phi) is 4.66. The first kappa shape index (κ1) is 14.5. The minimum atomic E-state index is 0.611. The summed E-state index contributed by atoms with van der Waals surface area (Å²) in [4.78, 5) is 8.88. The quantitative estimate of drug-likeness (QED) is 0.649. The van der Waals surface area contributed by atoms with Crippen molar-refractivity contribution in [3.63, 3.8) is 0 Å². The lowest BCUT2D eigenvalue weighted by Gasteiger charge is -2.08. The lowest BCUT2D eigenvalue weighted by molar-refractivity contribution is 0.842. The van der Waals surface area contributed by atoms with Crippen molar-refractivity contribution in [1.82, 2.24) is 9.55 Å². The molecule has 22 heavy (non-hydrogen) atoms. The van der Waals surface area contributed by atoms with E-state index in [0.29, 0.717) is 13.1 Å². The van der Waals surface area contributed by atoms with Gasteiger partial charge in [0.2, 0.25) is 0 Å². The van der Waals surface area contributed by atoms with Gasteiger partial charge in [-0.2, -0.15) is 0 Å². The van der Waals surface area contributed by atoms with E-state index in [1.807, 2.05) is 53.2 Å². The van der Waals surface area contributed by atoms with Crippen molar-refractivity contribution in [2.24, 2.45) is 4.99 Å². The first-order valence-corrected chi connectivity index (χ1v) is 7.48. The molecule has 0 fully saturated rings. The van der Waals surface area contributed by atoms with Gasteiger partial charge in [0, 0.05) is 17.4 Å². The van der Waals surface area contributed by atoms with Gasteiger partial charge in [-0.25, -0.2) is 4.98 Å². The normalized spacial score (nSPS) is 11.6. The van der Waals surface area contributed by atoms with Gasteiger partial charge in [-0.3, -0.25) is 4.99 Å². The molecule has 1 aromatic heterocycles. The molecule has 2 aromatic carbocycles. The highest BCUT2D eigenvalue weighted by Crippen LogP contribution is 2.12. The molecule has 0 atom stereocenters. The van der Waals surface area contributed by atoms with E-state index >= 15 is 0 Å². The summed E-state index contributed by atoms with van der Waals surface area (Å²) in [7, 11) is 0. The zero-order valence-electron chi connectivity index (χ0n) is 12.1. The average Bonchev–Trinajstić information content (AvgIpc) is 3.05. The van der Waals surface area contributed by atoms with E-state index in [1.54, 1.807) is 12.5 Å². The summed E-state index contributed by atoms with van der Waals surface area (Å²) in [5.74, 6) is 0. The number of hydrogen-bond acceptors (Lipinski definition) is 2. The fourth-order valence-corrected chi connectivity index (χ4v) is 2.45. The van der Waals surface area contributed by atoms with Crippen molar-refractivity contribution in [3.8, 4) is 0 Å². The van der Waals surface area contributed by atoms with E-state index in [9.17, 15) is 0 Å². The Morgan fingerprint density at radius 3 is 2.68 bits per heavy atom. The monoisotopic (exact) mass is 309 g/mol. The summed E-state index contributed by atoms with van der Waals surface area (Å²) in [5, 5.41) is 0.739. The molecule has 3 nitrogen and oxygen atoms in total. The highest BCUT2D eigenvalue weighted by atomic mass is 35.5. The van der Waals surface area contributed by atoms with Crippen LogP contribution in [0.3, 0.4) is 0 Å². The standard InChI is InChI=1S/C18H16ClN3/c19-17-8-4-5-15(11-17)12-21-18(13-22-10-9-20-14-22)16-6-2-1-3-7-16/h1-11,14H,12-13H2. The van der Waals surface area contributed by atoms with Crippen molar-refractivity contribution in [2.45, 2.75) is 13.1 Å². The molecule has 0 amide bonds. The van der Waals surface area contributed by atoms with Gasteiger partial charge in [0.05, 0.1) is 25.1 Å². The summed E-state index contributed by atoms with van der Waals surface area (Å²) >= 11 is 6.03. The summed E-state index contributed by atoms with van der Waals surface area (Å²) in [6.45, 7) is 1.31. The summed E-state index contributed by atoms with van der Waals surface area (Å²) < 4.78 is 2.02. The van der Waals surface area contributed by atoms with Crippen LogP contribution in [-0.4, -0.2) is 15.3 Å². The molecule has 0 aliphatic heterocycles. The average molecular weight is 310 g/mol. The number of halogens is 1. The molecule has 1 heterocycles. The van der Waals surface area contributed by atoms with Crippen LogP contribution in [0, 0.1) is 0 Å². The lowest BCUT2D eigenvalue weighted by Crippen LogP contribution is -2.11. The second kappa shape index (κ2) is 7.05. The van der Waals surface area contributed by atoms with Gasteiger partial charge in [-0.05, 0) is 23.3 Å². The molecule has 0 aliphatic rings. The number of benzene rings is 2. The Morgan fingerprint density at radius 2 is 1.95 bits per heavy atom. The van der Waals surface area contributed by atoms with E-state index in [1.165, 1.54) is 0 Å². The van der Waals surface area contributed by atoms with Crippen LogP contribution in [0.25, 0.3) is 0 Å². The summed E-state index contributed by atoms with van der Waals surface area (Å²) in [6.07, 6.45) is 5.52. The predicted molar refractivity (Wildman–Crippen MR) is 90.4 cm³/mol. The van der Waals surface area contributed by atoms with Crippen molar-refractivity contribution < 1.29 is 0 Å². The van der Waals surface area contributed by atoms with E-state index in [-0.39, 0.29) is 0 Å². The minimum absolute atomic E-state index is 0.611. The van der Waals surface area contributed by atoms with Crippen molar-refractivity contribution >= 4 is 17.3 Å². The second-order valence-corrected chi connectivity index (χ2v) is 5.43. The zero-order valence-corrected chi connectivity index (χ0v) is 12.8. The van der Waals surface area contributed by atoms with Gasteiger partial charge in [0.1, 0.15) is 0 Å². The third kappa shape index (κ3) is 3.83. The molecule has 0 saturated carbocycles. The molecular formula is C18H16ClN3. The van der Waals surface area contributed by atoms with Crippen LogP contribution in [0.15, 0.2) is 78.3 Å². The molecule has 4 heteroatoms. The van der Waals surface area contributed by atoms with Crippen LogP contribution >= 0.6 is 11.6 Å². The van der Waals surface area contributed by atoms with Crippen LogP contribution in [0.2, 0.25) is 5.02 Å². The van der Waals surface area contributed by atoms with Gasteiger partial charge >= 0.3 is 0 Å². The fourth-order valence-electron chi connectivity index (χ4n) is 2.24. The van der Waals surface area contributed by atoms with E-state index in [2.05, 4.69) is 17.1 Å². The maximum Gasteiger partial charge on any atom is 0.0949 e. The largest absolute Gasteiger partial charge is 0.331 e. The topological polar surface area (TPSA) is 30.2 Å². The van der Waals surface area contributed by atoms with Gasteiger partial charge in [0.15, 0.2) is 0 Å².